The van der Waals surface area contributed by atoms with Crippen molar-refractivity contribution in [3.63, 3.8) is 0 Å². The molecule has 0 aliphatic carbocycles. The number of rotatable bonds is 12. The van der Waals surface area contributed by atoms with Crippen molar-refractivity contribution >= 4 is 51.2 Å². The van der Waals surface area contributed by atoms with E-state index >= 15 is 0 Å². The van der Waals surface area contributed by atoms with Crippen LogP contribution in [-0.2, 0) is 38.8 Å². The highest BCUT2D eigenvalue weighted by atomic mass is 32.5. The van der Waals surface area contributed by atoms with Crippen LogP contribution in [-0.4, -0.2) is 69.7 Å². The number of hydrogen-bond acceptors (Lipinski definition) is 12. The standard InChI is InChI=1S/C11H19FN5O11P3S/c1-6(17-5-16-9-10(13)14-4-15-11(9)17)26-8(7(18)2-12)3-25-31(24,32)28-30(22,23)27-29(19,20)21/h4-8,18H,2-3H2,1H3,(H,22,23)(H,24,32)(H2,13,14,15)(H2,19,20,21)/t6-,7-,8?,31?/m1/s1. The van der Waals surface area contributed by atoms with Crippen molar-refractivity contribution in [1.82, 2.24) is 19.5 Å². The quantitative estimate of drug-likeness (QED) is 0.195. The van der Waals surface area contributed by atoms with E-state index in [0.717, 1.165) is 0 Å². The van der Waals surface area contributed by atoms with Gasteiger partial charge in [-0.05, 0) is 18.7 Å². The molecule has 0 aromatic carbocycles. The first-order valence-corrected chi connectivity index (χ1v) is 13.9. The Morgan fingerprint density at radius 3 is 2.47 bits per heavy atom. The minimum absolute atomic E-state index is 0.0914. The van der Waals surface area contributed by atoms with Crippen LogP contribution in [0.5, 0.6) is 0 Å². The number of aromatic nitrogens is 4. The Kier molecular flexibility index (Phi) is 8.97. The van der Waals surface area contributed by atoms with Gasteiger partial charge in [-0.3, -0.25) is 4.57 Å². The molecule has 5 atom stereocenters. The fraction of sp³-hybridized carbons (Fsp3) is 0.545. The summed E-state index contributed by atoms with van der Waals surface area (Å²) >= 11 is 4.47. The van der Waals surface area contributed by atoms with Gasteiger partial charge in [0.1, 0.15) is 37.0 Å². The second-order valence-electron chi connectivity index (χ2n) is 5.97. The van der Waals surface area contributed by atoms with Crippen LogP contribution in [0.1, 0.15) is 13.2 Å². The third-order valence-electron chi connectivity index (χ3n) is 3.56. The van der Waals surface area contributed by atoms with Gasteiger partial charge in [0.05, 0.1) is 12.9 Å². The summed E-state index contributed by atoms with van der Waals surface area (Å²) < 4.78 is 54.5. The van der Waals surface area contributed by atoms with Crippen molar-refractivity contribution in [2.75, 3.05) is 19.0 Å². The van der Waals surface area contributed by atoms with Gasteiger partial charge >= 0.3 is 22.4 Å². The van der Waals surface area contributed by atoms with Crippen molar-refractivity contribution in [2.24, 2.45) is 0 Å². The molecule has 21 heteroatoms. The first-order chi connectivity index (χ1) is 14.6. The Morgan fingerprint density at radius 2 is 1.88 bits per heavy atom. The maximum Gasteiger partial charge on any atom is 0.488 e. The molecule has 0 saturated carbocycles. The van der Waals surface area contributed by atoms with Crippen LogP contribution in [0.15, 0.2) is 12.7 Å². The lowest BCUT2D eigenvalue weighted by atomic mass is 10.2. The van der Waals surface area contributed by atoms with Crippen molar-refractivity contribution in [1.29, 1.82) is 0 Å². The molecule has 0 radical (unpaired) electrons. The summed E-state index contributed by atoms with van der Waals surface area (Å²) in [6.45, 7) is -5.37. The fourth-order valence-electron chi connectivity index (χ4n) is 2.27. The van der Waals surface area contributed by atoms with Crippen LogP contribution in [0.25, 0.3) is 11.2 Å². The molecule has 7 N–H and O–H groups in total. The number of aliphatic hydroxyl groups excluding tert-OH is 1. The van der Waals surface area contributed by atoms with E-state index < -0.39 is 54.1 Å². The molecule has 16 nitrogen and oxygen atoms in total. The Hall–Kier alpha value is -0.970. The minimum Gasteiger partial charge on any atom is -0.388 e. The molecule has 0 amide bonds. The van der Waals surface area contributed by atoms with E-state index in [1.165, 1.54) is 24.1 Å². The number of imidazole rings is 1. The third-order valence-corrected chi connectivity index (χ3v) is 8.27. The highest BCUT2D eigenvalue weighted by Crippen LogP contribution is 2.66. The molecule has 0 saturated heterocycles. The predicted octanol–water partition coefficient (Wildman–Crippen LogP) is 0.102. The number of halogens is 1. The highest BCUT2D eigenvalue weighted by molar-refractivity contribution is 8.08. The van der Waals surface area contributed by atoms with Gasteiger partial charge in [0, 0.05) is 0 Å². The largest absolute Gasteiger partial charge is 0.488 e. The molecule has 2 aromatic heterocycles. The lowest BCUT2D eigenvalue weighted by molar-refractivity contribution is -0.116. The molecular formula is C11H19FN5O11P3S. The van der Waals surface area contributed by atoms with E-state index in [2.05, 4.69) is 35.4 Å². The maximum absolute atomic E-state index is 13.1. The van der Waals surface area contributed by atoms with Gasteiger partial charge < -0.3 is 39.7 Å². The van der Waals surface area contributed by atoms with E-state index in [1.54, 1.807) is 0 Å². The number of hydrogen-bond donors (Lipinski definition) is 6. The molecule has 182 valence electrons. The number of nitrogens with two attached hydrogens (primary N) is 1. The van der Waals surface area contributed by atoms with Crippen LogP contribution in [0.3, 0.4) is 0 Å². The summed E-state index contributed by atoms with van der Waals surface area (Å²) in [5.41, 5.74) is 6.21. The average molecular weight is 541 g/mol. The van der Waals surface area contributed by atoms with Crippen LogP contribution < -0.4 is 5.73 Å². The maximum atomic E-state index is 13.1. The Bertz CT molecular complexity index is 1090. The predicted molar refractivity (Wildman–Crippen MR) is 108 cm³/mol. The number of nitrogen functional groups attached to an aromatic ring is 1. The fourth-order valence-corrected chi connectivity index (χ4v) is 6.24. The summed E-state index contributed by atoms with van der Waals surface area (Å²) in [7, 11) is -11.0. The molecular weight excluding hydrogens is 522 g/mol. The van der Waals surface area contributed by atoms with Gasteiger partial charge in [0.2, 0.25) is 0 Å². The minimum atomic E-state index is -5.53. The number of ether oxygens (including phenoxy) is 1. The number of nitrogens with zero attached hydrogens (tertiary/aromatic N) is 4. The molecule has 0 fully saturated rings. The molecule has 0 bridgehead atoms. The van der Waals surface area contributed by atoms with E-state index in [4.69, 9.17) is 24.8 Å². The number of alkyl halides is 1. The molecule has 2 rings (SSSR count). The van der Waals surface area contributed by atoms with Gasteiger partial charge in [0.15, 0.2) is 11.5 Å². The lowest BCUT2D eigenvalue weighted by Gasteiger charge is -2.27. The zero-order valence-corrected chi connectivity index (χ0v) is 19.5. The van der Waals surface area contributed by atoms with E-state index in [1.807, 2.05) is 0 Å². The molecule has 0 aliphatic rings. The van der Waals surface area contributed by atoms with Crippen molar-refractivity contribution < 1.29 is 56.1 Å². The number of fused-ring (bicyclic) bond motifs is 1. The van der Waals surface area contributed by atoms with E-state index in [-0.39, 0.29) is 17.0 Å². The third kappa shape index (κ3) is 7.81. The highest BCUT2D eigenvalue weighted by Gasteiger charge is 2.39. The lowest BCUT2D eigenvalue weighted by Crippen LogP contribution is -2.36. The Morgan fingerprint density at radius 1 is 1.22 bits per heavy atom. The molecule has 32 heavy (non-hydrogen) atoms. The first kappa shape index (κ1) is 27.3. The van der Waals surface area contributed by atoms with Crippen molar-refractivity contribution in [2.45, 2.75) is 25.4 Å². The second kappa shape index (κ2) is 10.5. The second-order valence-corrected chi connectivity index (χ2v) is 11.8. The number of anilines is 1. The van der Waals surface area contributed by atoms with Crippen LogP contribution >= 0.6 is 22.4 Å². The van der Waals surface area contributed by atoms with Crippen LogP contribution in [0, 0.1) is 0 Å². The zero-order valence-electron chi connectivity index (χ0n) is 16.0. The molecule has 2 aromatic rings. The summed E-state index contributed by atoms with van der Waals surface area (Å²) in [6, 6.07) is 0. The molecule has 3 unspecified atom stereocenters. The summed E-state index contributed by atoms with van der Waals surface area (Å²) in [5.74, 6) is 0.0914. The van der Waals surface area contributed by atoms with Crippen LogP contribution in [0.2, 0.25) is 0 Å². The number of aliphatic hydroxyl groups is 1. The summed E-state index contributed by atoms with van der Waals surface area (Å²) in [4.78, 5) is 48.1. The smallest absolute Gasteiger partial charge is 0.388 e. The monoisotopic (exact) mass is 541 g/mol. The SMILES string of the molecule is C[C@@H](OC(COP(O)(=S)OP(=O)(O)OP(=O)(O)O)[C@H](O)CF)n1cnc2c(N)ncnc21. The van der Waals surface area contributed by atoms with Crippen molar-refractivity contribution in [3.05, 3.63) is 12.7 Å². The molecule has 0 aliphatic heterocycles. The van der Waals surface area contributed by atoms with E-state index in [0.29, 0.717) is 0 Å². The topological polar surface area (TPSA) is 242 Å². The average Bonchev–Trinajstić information content (AvgIpc) is 3.07. The summed E-state index contributed by atoms with van der Waals surface area (Å²) in [5, 5.41) is 9.88. The summed E-state index contributed by atoms with van der Waals surface area (Å²) in [6.07, 6.45) is -1.80. The zero-order chi connectivity index (χ0) is 24.3. The molecule has 0 spiro atoms. The van der Waals surface area contributed by atoms with Gasteiger partial charge in [-0.1, -0.05) is 0 Å². The van der Waals surface area contributed by atoms with Crippen molar-refractivity contribution in [3.8, 4) is 0 Å². The first-order valence-electron chi connectivity index (χ1n) is 8.25. The number of phosphoric acid groups is 2. The van der Waals surface area contributed by atoms with Crippen LogP contribution in [0.4, 0.5) is 10.2 Å². The Balaban J connectivity index is 2.11. The Labute approximate surface area is 184 Å². The normalized spacial score (nSPS) is 19.2. The van der Waals surface area contributed by atoms with Gasteiger partial charge in [-0.25, -0.2) is 32.8 Å². The van der Waals surface area contributed by atoms with E-state index in [9.17, 15) is 28.4 Å². The molecule has 2 heterocycles. The van der Waals surface area contributed by atoms with Gasteiger partial charge in [-0.15, -0.1) is 0 Å². The van der Waals surface area contributed by atoms with Gasteiger partial charge in [-0.2, -0.15) is 4.31 Å². The van der Waals surface area contributed by atoms with Gasteiger partial charge in [0.25, 0.3) is 0 Å².